The third-order valence-electron chi connectivity index (χ3n) is 5.57. The molecule has 0 bridgehead atoms. The quantitative estimate of drug-likeness (QED) is 0.684. The molecule has 1 amide bonds. The number of carbonyl (C=O) groups excluding carboxylic acids is 1. The molecule has 2 aromatic carbocycles. The van der Waals surface area contributed by atoms with Crippen molar-refractivity contribution in [2.24, 2.45) is 0 Å². The SMILES string of the molecule is Cc1cccc(C)c1NC(=O)CN1CCN(c2cncc(-c3ccc(F)cc3)n2)CC1. The molecule has 1 N–H and O–H groups in total. The molecule has 0 radical (unpaired) electrons. The number of halogens is 1. The summed E-state index contributed by atoms with van der Waals surface area (Å²) >= 11 is 0. The largest absolute Gasteiger partial charge is 0.353 e. The van der Waals surface area contributed by atoms with E-state index in [1.807, 2.05) is 32.0 Å². The first-order valence-corrected chi connectivity index (χ1v) is 10.4. The second kappa shape index (κ2) is 9.22. The highest BCUT2D eigenvalue weighted by molar-refractivity contribution is 5.93. The van der Waals surface area contributed by atoms with Gasteiger partial charge in [-0.25, -0.2) is 9.37 Å². The van der Waals surface area contributed by atoms with Crippen LogP contribution in [0.3, 0.4) is 0 Å². The molecule has 31 heavy (non-hydrogen) atoms. The number of nitrogens with one attached hydrogen (secondary N) is 1. The third-order valence-corrected chi connectivity index (χ3v) is 5.57. The van der Waals surface area contributed by atoms with Crippen molar-refractivity contribution >= 4 is 17.4 Å². The molecule has 4 rings (SSSR count). The maximum absolute atomic E-state index is 13.2. The smallest absolute Gasteiger partial charge is 0.238 e. The standard InChI is InChI=1S/C24H26FN5O/c1-17-4-3-5-18(2)24(17)28-23(31)16-29-10-12-30(13-11-29)22-15-26-14-21(27-22)19-6-8-20(25)9-7-19/h3-9,14-15H,10-13,16H2,1-2H3,(H,28,31). The van der Waals surface area contributed by atoms with Crippen molar-refractivity contribution in [3.63, 3.8) is 0 Å². The average Bonchev–Trinajstić information content (AvgIpc) is 2.77. The average molecular weight is 420 g/mol. The van der Waals surface area contributed by atoms with Gasteiger partial charge in [-0.05, 0) is 49.2 Å². The number of hydrogen-bond acceptors (Lipinski definition) is 5. The summed E-state index contributed by atoms with van der Waals surface area (Å²) < 4.78 is 13.2. The Morgan fingerprint density at radius 1 is 1.00 bits per heavy atom. The number of amides is 1. The van der Waals surface area contributed by atoms with Crippen LogP contribution in [0, 0.1) is 19.7 Å². The Labute approximate surface area is 181 Å². The number of piperazine rings is 1. The number of aryl methyl sites for hydroxylation is 2. The molecule has 1 aliphatic rings. The number of benzene rings is 2. The Bertz CT molecular complexity index is 1040. The second-order valence-corrected chi connectivity index (χ2v) is 7.85. The van der Waals surface area contributed by atoms with Crippen LogP contribution < -0.4 is 10.2 Å². The van der Waals surface area contributed by atoms with E-state index in [1.165, 1.54) is 12.1 Å². The van der Waals surface area contributed by atoms with Crippen LogP contribution >= 0.6 is 0 Å². The summed E-state index contributed by atoms with van der Waals surface area (Å²) in [6.07, 6.45) is 3.43. The monoisotopic (exact) mass is 419 g/mol. The van der Waals surface area contributed by atoms with Gasteiger partial charge in [-0.2, -0.15) is 0 Å². The molecule has 0 aliphatic carbocycles. The van der Waals surface area contributed by atoms with Crippen molar-refractivity contribution in [1.29, 1.82) is 0 Å². The minimum absolute atomic E-state index is 0.00366. The zero-order chi connectivity index (χ0) is 21.8. The topological polar surface area (TPSA) is 61.4 Å². The summed E-state index contributed by atoms with van der Waals surface area (Å²) in [4.78, 5) is 25.9. The first kappa shape index (κ1) is 20.9. The molecule has 6 nitrogen and oxygen atoms in total. The lowest BCUT2D eigenvalue weighted by atomic mass is 10.1. The van der Waals surface area contributed by atoms with E-state index >= 15 is 0 Å². The van der Waals surface area contributed by atoms with Crippen molar-refractivity contribution in [3.05, 3.63) is 71.8 Å². The summed E-state index contributed by atoms with van der Waals surface area (Å²) in [7, 11) is 0. The predicted octanol–water partition coefficient (Wildman–Crippen LogP) is 3.66. The van der Waals surface area contributed by atoms with Gasteiger partial charge in [0, 0.05) is 37.4 Å². The van der Waals surface area contributed by atoms with E-state index in [4.69, 9.17) is 4.98 Å². The Kier molecular flexibility index (Phi) is 6.23. The summed E-state index contributed by atoms with van der Waals surface area (Å²) in [5.74, 6) is 0.524. The van der Waals surface area contributed by atoms with Crippen LogP contribution in [0.4, 0.5) is 15.9 Å². The van der Waals surface area contributed by atoms with Crippen LogP contribution in [0.15, 0.2) is 54.9 Å². The van der Waals surface area contributed by atoms with Gasteiger partial charge in [0.05, 0.1) is 24.6 Å². The minimum atomic E-state index is -0.273. The lowest BCUT2D eigenvalue weighted by molar-refractivity contribution is -0.117. The van der Waals surface area contributed by atoms with Crippen LogP contribution in [-0.2, 0) is 4.79 Å². The maximum Gasteiger partial charge on any atom is 0.238 e. The molecule has 0 saturated carbocycles. The van der Waals surface area contributed by atoms with Gasteiger partial charge in [0.2, 0.25) is 5.91 Å². The van der Waals surface area contributed by atoms with Gasteiger partial charge < -0.3 is 10.2 Å². The van der Waals surface area contributed by atoms with Gasteiger partial charge in [-0.15, -0.1) is 0 Å². The fourth-order valence-corrected chi connectivity index (χ4v) is 3.80. The highest BCUT2D eigenvalue weighted by Gasteiger charge is 2.21. The summed E-state index contributed by atoms with van der Waals surface area (Å²) in [5, 5.41) is 3.06. The van der Waals surface area contributed by atoms with Crippen molar-refractivity contribution in [1.82, 2.24) is 14.9 Å². The number of nitrogens with zero attached hydrogens (tertiary/aromatic N) is 4. The van der Waals surface area contributed by atoms with E-state index in [0.717, 1.165) is 54.4 Å². The van der Waals surface area contributed by atoms with Crippen molar-refractivity contribution in [3.8, 4) is 11.3 Å². The van der Waals surface area contributed by atoms with Gasteiger partial charge in [0.1, 0.15) is 11.6 Å². The van der Waals surface area contributed by atoms with Gasteiger partial charge in [0.15, 0.2) is 0 Å². The Morgan fingerprint density at radius 2 is 1.68 bits per heavy atom. The zero-order valence-corrected chi connectivity index (χ0v) is 17.8. The van der Waals surface area contributed by atoms with Gasteiger partial charge in [-0.3, -0.25) is 14.7 Å². The van der Waals surface area contributed by atoms with E-state index in [-0.39, 0.29) is 11.7 Å². The van der Waals surface area contributed by atoms with Crippen LogP contribution in [-0.4, -0.2) is 53.5 Å². The van der Waals surface area contributed by atoms with Gasteiger partial charge in [-0.1, -0.05) is 18.2 Å². The van der Waals surface area contributed by atoms with Crippen molar-refractivity contribution in [2.75, 3.05) is 42.9 Å². The summed E-state index contributed by atoms with van der Waals surface area (Å²) in [6, 6.07) is 12.3. The van der Waals surface area contributed by atoms with E-state index in [2.05, 4.69) is 20.1 Å². The number of para-hydroxylation sites is 1. The third kappa shape index (κ3) is 5.06. The zero-order valence-electron chi connectivity index (χ0n) is 17.8. The molecule has 0 atom stereocenters. The fraction of sp³-hybridized carbons (Fsp3) is 0.292. The van der Waals surface area contributed by atoms with E-state index in [9.17, 15) is 9.18 Å². The van der Waals surface area contributed by atoms with Crippen LogP contribution in [0.25, 0.3) is 11.3 Å². The number of anilines is 2. The summed E-state index contributed by atoms with van der Waals surface area (Å²) in [5.41, 5.74) is 4.58. The number of carbonyl (C=O) groups is 1. The summed E-state index contributed by atoms with van der Waals surface area (Å²) in [6.45, 7) is 7.43. The molecule has 1 saturated heterocycles. The van der Waals surface area contributed by atoms with Gasteiger partial charge in [0.25, 0.3) is 0 Å². The number of hydrogen-bond donors (Lipinski definition) is 1. The van der Waals surface area contributed by atoms with Crippen LogP contribution in [0.5, 0.6) is 0 Å². The highest BCUT2D eigenvalue weighted by atomic mass is 19.1. The Balaban J connectivity index is 1.34. The van der Waals surface area contributed by atoms with Crippen LogP contribution in [0.1, 0.15) is 11.1 Å². The highest BCUT2D eigenvalue weighted by Crippen LogP contribution is 2.21. The maximum atomic E-state index is 13.2. The molecular weight excluding hydrogens is 393 g/mol. The van der Waals surface area contributed by atoms with Crippen molar-refractivity contribution < 1.29 is 9.18 Å². The minimum Gasteiger partial charge on any atom is -0.353 e. The first-order chi connectivity index (χ1) is 15.0. The Hall–Kier alpha value is -3.32. The lowest BCUT2D eigenvalue weighted by Crippen LogP contribution is -2.49. The number of aromatic nitrogens is 2. The molecule has 1 aliphatic heterocycles. The Morgan fingerprint density at radius 3 is 2.35 bits per heavy atom. The molecule has 0 unspecified atom stereocenters. The molecule has 160 valence electrons. The molecule has 0 spiro atoms. The molecule has 1 aromatic heterocycles. The molecule has 3 aromatic rings. The number of rotatable bonds is 5. The second-order valence-electron chi connectivity index (χ2n) is 7.85. The van der Waals surface area contributed by atoms with Gasteiger partial charge >= 0.3 is 0 Å². The molecule has 7 heteroatoms. The van der Waals surface area contributed by atoms with E-state index in [1.54, 1.807) is 24.5 Å². The van der Waals surface area contributed by atoms with Crippen LogP contribution in [0.2, 0.25) is 0 Å². The fourth-order valence-electron chi connectivity index (χ4n) is 3.80. The molecular formula is C24H26FN5O. The van der Waals surface area contributed by atoms with E-state index < -0.39 is 0 Å². The lowest BCUT2D eigenvalue weighted by Gasteiger charge is -2.35. The predicted molar refractivity (Wildman–Crippen MR) is 121 cm³/mol. The van der Waals surface area contributed by atoms with E-state index in [0.29, 0.717) is 12.2 Å². The normalized spacial score (nSPS) is 14.5. The molecule has 1 fully saturated rings. The van der Waals surface area contributed by atoms with Crippen molar-refractivity contribution in [2.45, 2.75) is 13.8 Å². The molecule has 2 heterocycles. The first-order valence-electron chi connectivity index (χ1n) is 10.4.